The van der Waals surface area contributed by atoms with Gasteiger partial charge in [-0.1, -0.05) is 41.0 Å². The highest BCUT2D eigenvalue weighted by molar-refractivity contribution is 5.74. The molecule has 0 aromatic rings. The van der Waals surface area contributed by atoms with Gasteiger partial charge in [-0.15, -0.1) is 0 Å². The topological polar surface area (TPSA) is 64.6 Å². The maximum absolute atomic E-state index is 12.1. The molecule has 136 valence electrons. The van der Waals surface area contributed by atoms with Crippen LogP contribution in [0.5, 0.6) is 0 Å². The first-order valence-electron chi connectivity index (χ1n) is 9.21. The predicted octanol–water partition coefficient (Wildman–Crippen LogP) is 2.59. The van der Waals surface area contributed by atoms with Crippen molar-refractivity contribution < 1.29 is 9.90 Å². The van der Waals surface area contributed by atoms with Gasteiger partial charge in [0.2, 0.25) is 0 Å². The minimum Gasteiger partial charge on any atom is -0.392 e. The number of likely N-dealkylation sites (tertiary alicyclic amines) is 1. The quantitative estimate of drug-likeness (QED) is 0.642. The third-order valence-electron chi connectivity index (χ3n) is 4.89. The van der Waals surface area contributed by atoms with Crippen LogP contribution in [0, 0.1) is 11.3 Å². The molecular formula is C18H37N3O2. The summed E-state index contributed by atoms with van der Waals surface area (Å²) in [5.74, 6) is 0.183. The van der Waals surface area contributed by atoms with E-state index in [9.17, 15) is 9.90 Å². The number of aliphatic hydroxyl groups excluding tert-OH is 1. The summed E-state index contributed by atoms with van der Waals surface area (Å²) in [6, 6.07) is 0.159. The van der Waals surface area contributed by atoms with E-state index in [1.165, 1.54) is 19.4 Å². The van der Waals surface area contributed by atoms with Crippen LogP contribution in [0.2, 0.25) is 0 Å². The second kappa shape index (κ2) is 9.48. The molecule has 1 heterocycles. The Labute approximate surface area is 142 Å². The van der Waals surface area contributed by atoms with Gasteiger partial charge in [0.15, 0.2) is 0 Å². The zero-order valence-corrected chi connectivity index (χ0v) is 15.7. The normalized spacial score (nSPS) is 18.9. The van der Waals surface area contributed by atoms with Crippen LogP contribution in [0.4, 0.5) is 4.79 Å². The second-order valence-electron chi connectivity index (χ2n) is 7.97. The third-order valence-corrected chi connectivity index (χ3v) is 4.89. The van der Waals surface area contributed by atoms with Crippen LogP contribution >= 0.6 is 0 Å². The Morgan fingerprint density at radius 1 is 1.30 bits per heavy atom. The maximum Gasteiger partial charge on any atom is 0.315 e. The van der Waals surface area contributed by atoms with E-state index < -0.39 is 6.10 Å². The lowest BCUT2D eigenvalue weighted by Gasteiger charge is -2.34. The number of carbonyl (C=O) groups is 1. The second-order valence-corrected chi connectivity index (χ2v) is 7.97. The Morgan fingerprint density at radius 2 is 1.91 bits per heavy atom. The summed E-state index contributed by atoms with van der Waals surface area (Å²) in [7, 11) is 0. The molecule has 3 N–H and O–H groups in total. The van der Waals surface area contributed by atoms with Crippen molar-refractivity contribution in [1.82, 2.24) is 15.5 Å². The van der Waals surface area contributed by atoms with E-state index in [0.717, 1.165) is 25.9 Å². The number of nitrogens with zero attached hydrogens (tertiary/aromatic N) is 1. The SMILES string of the molecule is CCCCN1CCC(NC(=O)NCC(C)(C)C(O)C(C)C)CC1. The number of carbonyl (C=O) groups excluding carboxylic acids is 1. The Kier molecular flexibility index (Phi) is 8.34. The molecule has 1 fully saturated rings. The van der Waals surface area contributed by atoms with Gasteiger partial charge in [-0.25, -0.2) is 4.79 Å². The molecule has 2 amide bonds. The molecule has 1 unspecified atom stereocenters. The van der Waals surface area contributed by atoms with Crippen molar-refractivity contribution in [3.05, 3.63) is 0 Å². The molecule has 0 aromatic carbocycles. The minimum absolute atomic E-state index is 0.110. The molecule has 0 saturated carbocycles. The van der Waals surface area contributed by atoms with Crippen LogP contribution in [-0.2, 0) is 0 Å². The van der Waals surface area contributed by atoms with Gasteiger partial charge in [0.1, 0.15) is 0 Å². The smallest absolute Gasteiger partial charge is 0.315 e. The Balaban J connectivity index is 2.27. The van der Waals surface area contributed by atoms with Crippen molar-refractivity contribution in [3.8, 4) is 0 Å². The number of rotatable bonds is 8. The van der Waals surface area contributed by atoms with Crippen LogP contribution in [0.1, 0.15) is 60.3 Å². The highest BCUT2D eigenvalue weighted by Crippen LogP contribution is 2.25. The molecule has 0 aliphatic carbocycles. The van der Waals surface area contributed by atoms with E-state index in [1.807, 2.05) is 27.7 Å². The van der Waals surface area contributed by atoms with Gasteiger partial charge in [-0.2, -0.15) is 0 Å². The highest BCUT2D eigenvalue weighted by atomic mass is 16.3. The van der Waals surface area contributed by atoms with Crippen LogP contribution in [0.15, 0.2) is 0 Å². The molecule has 0 aromatic heterocycles. The zero-order valence-electron chi connectivity index (χ0n) is 15.7. The molecule has 23 heavy (non-hydrogen) atoms. The number of piperidine rings is 1. The van der Waals surface area contributed by atoms with Gasteiger partial charge in [-0.05, 0) is 31.7 Å². The maximum atomic E-state index is 12.1. The van der Waals surface area contributed by atoms with E-state index in [4.69, 9.17) is 0 Å². The number of unbranched alkanes of at least 4 members (excludes halogenated alkanes) is 1. The summed E-state index contributed by atoms with van der Waals surface area (Å²) in [6.07, 6.45) is 4.11. The lowest BCUT2D eigenvalue weighted by Crippen LogP contribution is -2.51. The highest BCUT2D eigenvalue weighted by Gasteiger charge is 2.30. The van der Waals surface area contributed by atoms with E-state index in [-0.39, 0.29) is 23.4 Å². The zero-order chi connectivity index (χ0) is 17.5. The van der Waals surface area contributed by atoms with Crippen LogP contribution < -0.4 is 10.6 Å². The molecular weight excluding hydrogens is 290 g/mol. The number of nitrogens with one attached hydrogen (secondary N) is 2. The molecule has 1 saturated heterocycles. The summed E-state index contributed by atoms with van der Waals surface area (Å²) in [5.41, 5.74) is -0.324. The third kappa shape index (κ3) is 7.08. The Morgan fingerprint density at radius 3 is 2.43 bits per heavy atom. The first kappa shape index (κ1) is 20.2. The fourth-order valence-corrected chi connectivity index (χ4v) is 3.23. The standard InChI is InChI=1S/C18H37N3O2/c1-6-7-10-21-11-8-15(9-12-21)20-17(23)19-13-18(4,5)16(22)14(2)3/h14-16,22H,6-13H2,1-5H3,(H2,19,20,23). The van der Waals surface area contributed by atoms with E-state index in [1.54, 1.807) is 0 Å². The van der Waals surface area contributed by atoms with Crippen molar-refractivity contribution in [2.75, 3.05) is 26.2 Å². The van der Waals surface area contributed by atoms with Gasteiger partial charge in [0, 0.05) is 31.1 Å². The average Bonchev–Trinajstić information content (AvgIpc) is 2.51. The molecule has 1 rings (SSSR count). The summed E-state index contributed by atoms with van der Waals surface area (Å²) in [5, 5.41) is 16.2. The molecule has 1 aliphatic heterocycles. The summed E-state index contributed by atoms with van der Waals surface area (Å²) in [6.45, 7) is 14.0. The molecule has 5 nitrogen and oxygen atoms in total. The summed E-state index contributed by atoms with van der Waals surface area (Å²) in [4.78, 5) is 14.6. The number of hydrogen-bond acceptors (Lipinski definition) is 3. The van der Waals surface area contributed by atoms with Crippen molar-refractivity contribution in [3.63, 3.8) is 0 Å². The average molecular weight is 328 g/mol. The number of urea groups is 1. The van der Waals surface area contributed by atoms with E-state index >= 15 is 0 Å². The molecule has 0 spiro atoms. The first-order valence-corrected chi connectivity index (χ1v) is 9.21. The van der Waals surface area contributed by atoms with E-state index in [0.29, 0.717) is 6.54 Å². The monoisotopic (exact) mass is 327 g/mol. The first-order chi connectivity index (χ1) is 10.8. The van der Waals surface area contributed by atoms with Gasteiger partial charge in [-0.3, -0.25) is 0 Å². The molecule has 0 radical (unpaired) electrons. The van der Waals surface area contributed by atoms with Gasteiger partial charge < -0.3 is 20.6 Å². The largest absolute Gasteiger partial charge is 0.392 e. The van der Waals surface area contributed by atoms with Gasteiger partial charge >= 0.3 is 6.03 Å². The van der Waals surface area contributed by atoms with Crippen LogP contribution in [0.25, 0.3) is 0 Å². The van der Waals surface area contributed by atoms with Gasteiger partial charge in [0.25, 0.3) is 0 Å². The Bertz CT molecular complexity index is 350. The summed E-state index contributed by atoms with van der Waals surface area (Å²) >= 11 is 0. The lowest BCUT2D eigenvalue weighted by atomic mass is 9.81. The Hall–Kier alpha value is -0.810. The van der Waals surface area contributed by atoms with Gasteiger partial charge in [0.05, 0.1) is 6.10 Å². The molecule has 1 aliphatic rings. The summed E-state index contributed by atoms with van der Waals surface area (Å²) < 4.78 is 0. The van der Waals surface area contributed by atoms with Crippen LogP contribution in [-0.4, -0.2) is 54.4 Å². The lowest BCUT2D eigenvalue weighted by molar-refractivity contribution is 0.0151. The van der Waals surface area contributed by atoms with E-state index in [2.05, 4.69) is 22.5 Å². The number of aliphatic hydroxyl groups is 1. The predicted molar refractivity (Wildman–Crippen MR) is 95.5 cm³/mol. The number of hydrogen-bond donors (Lipinski definition) is 3. The molecule has 5 heteroatoms. The number of amides is 2. The fraction of sp³-hybridized carbons (Fsp3) is 0.944. The molecule has 1 atom stereocenters. The van der Waals surface area contributed by atoms with Crippen LogP contribution in [0.3, 0.4) is 0 Å². The molecule has 0 bridgehead atoms. The van der Waals surface area contributed by atoms with Crippen molar-refractivity contribution >= 4 is 6.03 Å². The van der Waals surface area contributed by atoms with Crippen molar-refractivity contribution in [2.24, 2.45) is 11.3 Å². The minimum atomic E-state index is -0.426. The fourth-order valence-electron chi connectivity index (χ4n) is 3.23. The van der Waals surface area contributed by atoms with Crippen molar-refractivity contribution in [2.45, 2.75) is 72.4 Å². The van der Waals surface area contributed by atoms with Crippen molar-refractivity contribution in [1.29, 1.82) is 0 Å².